The Morgan fingerprint density at radius 1 is 1.40 bits per heavy atom. The van der Waals surface area contributed by atoms with Crippen LogP contribution in [-0.2, 0) is 9.59 Å². The lowest BCUT2D eigenvalue weighted by molar-refractivity contribution is -0.135. The molecule has 1 amide bonds. The summed E-state index contributed by atoms with van der Waals surface area (Å²) in [6.45, 7) is 6.28. The lowest BCUT2D eigenvalue weighted by atomic mass is 9.87. The maximum Gasteiger partial charge on any atom is 0.237 e. The molecule has 1 aliphatic rings. The highest BCUT2D eigenvalue weighted by atomic mass is 35.5. The van der Waals surface area contributed by atoms with E-state index >= 15 is 0 Å². The summed E-state index contributed by atoms with van der Waals surface area (Å²) in [5, 5.41) is 0.557. The standard InChI is InChI=1S/C16H20ClNO2/c1-10(2)15(19)12-5-4-8-18(16(12)20)14-9-11(3)6-7-13(14)17/h6-7,9-10,12H,4-5,8H2,1-3H3/t12-/m1/s1. The summed E-state index contributed by atoms with van der Waals surface area (Å²) < 4.78 is 0. The third-order valence-electron chi connectivity index (χ3n) is 3.74. The minimum absolute atomic E-state index is 0.0310. The average molecular weight is 294 g/mol. The van der Waals surface area contributed by atoms with Crippen LogP contribution in [0.5, 0.6) is 0 Å². The fourth-order valence-corrected chi connectivity index (χ4v) is 2.83. The van der Waals surface area contributed by atoms with Crippen molar-refractivity contribution in [3.63, 3.8) is 0 Å². The van der Waals surface area contributed by atoms with Gasteiger partial charge in [-0.1, -0.05) is 31.5 Å². The number of amides is 1. The summed E-state index contributed by atoms with van der Waals surface area (Å²) in [6.07, 6.45) is 1.48. The topological polar surface area (TPSA) is 37.4 Å². The minimum Gasteiger partial charge on any atom is -0.310 e. The van der Waals surface area contributed by atoms with E-state index in [-0.39, 0.29) is 17.6 Å². The van der Waals surface area contributed by atoms with Crippen LogP contribution < -0.4 is 4.90 Å². The molecule has 0 unspecified atom stereocenters. The molecule has 0 bridgehead atoms. The second-order valence-corrected chi connectivity index (χ2v) is 6.10. The van der Waals surface area contributed by atoms with Crippen LogP contribution in [0.3, 0.4) is 0 Å². The minimum atomic E-state index is -0.514. The first kappa shape index (κ1) is 15.0. The largest absolute Gasteiger partial charge is 0.310 e. The molecule has 1 aromatic rings. The number of ketones is 1. The molecule has 2 rings (SSSR count). The summed E-state index contributed by atoms with van der Waals surface area (Å²) in [7, 11) is 0. The van der Waals surface area contributed by atoms with E-state index in [9.17, 15) is 9.59 Å². The smallest absolute Gasteiger partial charge is 0.237 e. The first-order valence-electron chi connectivity index (χ1n) is 7.03. The van der Waals surface area contributed by atoms with Crippen molar-refractivity contribution in [1.82, 2.24) is 0 Å². The molecule has 0 radical (unpaired) electrons. The van der Waals surface area contributed by atoms with Crippen molar-refractivity contribution in [1.29, 1.82) is 0 Å². The van der Waals surface area contributed by atoms with Gasteiger partial charge in [-0.05, 0) is 37.5 Å². The average Bonchev–Trinajstić information content (AvgIpc) is 2.41. The van der Waals surface area contributed by atoms with Gasteiger partial charge in [-0.2, -0.15) is 0 Å². The molecule has 1 saturated heterocycles. The molecule has 4 heteroatoms. The van der Waals surface area contributed by atoms with Crippen LogP contribution in [0.15, 0.2) is 18.2 Å². The van der Waals surface area contributed by atoms with Crippen molar-refractivity contribution >= 4 is 29.0 Å². The van der Waals surface area contributed by atoms with E-state index in [0.717, 1.165) is 17.7 Å². The van der Waals surface area contributed by atoms with Gasteiger partial charge in [-0.3, -0.25) is 9.59 Å². The van der Waals surface area contributed by atoms with E-state index in [1.165, 1.54) is 0 Å². The summed E-state index contributed by atoms with van der Waals surface area (Å²) in [4.78, 5) is 26.4. The Bertz CT molecular complexity index is 539. The number of piperidine rings is 1. The number of benzene rings is 1. The van der Waals surface area contributed by atoms with Gasteiger partial charge in [-0.15, -0.1) is 0 Å². The first-order valence-corrected chi connectivity index (χ1v) is 7.41. The Kier molecular flexibility index (Phi) is 4.48. The quantitative estimate of drug-likeness (QED) is 0.798. The van der Waals surface area contributed by atoms with Gasteiger partial charge in [-0.25, -0.2) is 0 Å². The highest BCUT2D eigenvalue weighted by molar-refractivity contribution is 6.34. The van der Waals surface area contributed by atoms with Crippen LogP contribution in [0.2, 0.25) is 5.02 Å². The number of halogens is 1. The predicted molar refractivity (Wildman–Crippen MR) is 81.1 cm³/mol. The van der Waals surface area contributed by atoms with Crippen molar-refractivity contribution < 1.29 is 9.59 Å². The number of rotatable bonds is 3. The number of carbonyl (C=O) groups is 2. The van der Waals surface area contributed by atoms with Gasteiger partial charge < -0.3 is 4.90 Å². The zero-order chi connectivity index (χ0) is 14.9. The second kappa shape index (κ2) is 5.96. The van der Waals surface area contributed by atoms with E-state index < -0.39 is 5.92 Å². The monoisotopic (exact) mass is 293 g/mol. The number of carbonyl (C=O) groups excluding carboxylic acids is 2. The highest BCUT2D eigenvalue weighted by Gasteiger charge is 2.36. The summed E-state index contributed by atoms with van der Waals surface area (Å²) >= 11 is 6.21. The lowest BCUT2D eigenvalue weighted by Crippen LogP contribution is -2.45. The van der Waals surface area contributed by atoms with Gasteiger partial charge in [0, 0.05) is 12.5 Å². The van der Waals surface area contributed by atoms with E-state index in [0.29, 0.717) is 18.0 Å². The Morgan fingerprint density at radius 3 is 2.75 bits per heavy atom. The zero-order valence-corrected chi connectivity index (χ0v) is 12.9. The third kappa shape index (κ3) is 2.88. The van der Waals surface area contributed by atoms with Gasteiger partial charge >= 0.3 is 0 Å². The molecule has 1 fully saturated rings. The van der Waals surface area contributed by atoms with Crippen molar-refractivity contribution in [2.75, 3.05) is 11.4 Å². The Hall–Kier alpha value is -1.35. The normalized spacial score (nSPS) is 19.6. The predicted octanol–water partition coefficient (Wildman–Crippen LogP) is 3.62. The van der Waals surface area contributed by atoms with Gasteiger partial charge in [0.05, 0.1) is 16.6 Å². The Balaban J connectivity index is 2.31. The summed E-state index contributed by atoms with van der Waals surface area (Å²) in [5.74, 6) is -0.705. The fraction of sp³-hybridized carbons (Fsp3) is 0.500. The number of hydrogen-bond donors (Lipinski definition) is 0. The lowest BCUT2D eigenvalue weighted by Gasteiger charge is -2.33. The number of Topliss-reactive ketones (excluding diaryl/α,β-unsaturated/α-hetero) is 1. The van der Waals surface area contributed by atoms with Gasteiger partial charge in [0.2, 0.25) is 5.91 Å². The van der Waals surface area contributed by atoms with Crippen LogP contribution in [-0.4, -0.2) is 18.2 Å². The maximum absolute atomic E-state index is 12.6. The van der Waals surface area contributed by atoms with Crippen molar-refractivity contribution in [3.05, 3.63) is 28.8 Å². The van der Waals surface area contributed by atoms with E-state index in [1.807, 2.05) is 32.9 Å². The van der Waals surface area contributed by atoms with Crippen molar-refractivity contribution in [2.45, 2.75) is 33.6 Å². The highest BCUT2D eigenvalue weighted by Crippen LogP contribution is 2.32. The molecule has 0 aliphatic carbocycles. The molecule has 20 heavy (non-hydrogen) atoms. The number of aryl methyl sites for hydroxylation is 1. The molecule has 0 spiro atoms. The first-order chi connectivity index (χ1) is 9.41. The zero-order valence-electron chi connectivity index (χ0n) is 12.1. The van der Waals surface area contributed by atoms with Crippen LogP contribution in [0, 0.1) is 18.8 Å². The molecule has 1 atom stereocenters. The molecule has 108 valence electrons. The molecule has 0 N–H and O–H groups in total. The van der Waals surface area contributed by atoms with Crippen molar-refractivity contribution in [2.24, 2.45) is 11.8 Å². The SMILES string of the molecule is Cc1ccc(Cl)c(N2CCC[C@H](C(=O)C(C)C)C2=O)c1. The van der Waals surface area contributed by atoms with Gasteiger partial charge in [0.25, 0.3) is 0 Å². The Morgan fingerprint density at radius 2 is 2.10 bits per heavy atom. The van der Waals surface area contributed by atoms with E-state index in [1.54, 1.807) is 11.0 Å². The van der Waals surface area contributed by atoms with Crippen molar-refractivity contribution in [3.8, 4) is 0 Å². The molecule has 1 heterocycles. The molecule has 1 aromatic carbocycles. The summed E-state index contributed by atoms with van der Waals surface area (Å²) in [5.41, 5.74) is 1.77. The van der Waals surface area contributed by atoms with Gasteiger partial charge in [0.15, 0.2) is 0 Å². The fourth-order valence-electron chi connectivity index (χ4n) is 2.61. The van der Waals surface area contributed by atoms with Crippen LogP contribution in [0.4, 0.5) is 5.69 Å². The maximum atomic E-state index is 12.6. The Labute approximate surface area is 124 Å². The number of anilines is 1. The number of nitrogens with zero attached hydrogens (tertiary/aromatic N) is 1. The molecular formula is C16H20ClNO2. The number of hydrogen-bond acceptors (Lipinski definition) is 2. The third-order valence-corrected chi connectivity index (χ3v) is 4.06. The van der Waals surface area contributed by atoms with Crippen LogP contribution >= 0.6 is 11.6 Å². The molecule has 0 saturated carbocycles. The van der Waals surface area contributed by atoms with Gasteiger partial charge in [0.1, 0.15) is 5.78 Å². The van der Waals surface area contributed by atoms with E-state index in [2.05, 4.69) is 0 Å². The molecule has 0 aromatic heterocycles. The second-order valence-electron chi connectivity index (χ2n) is 5.70. The molecular weight excluding hydrogens is 274 g/mol. The van der Waals surface area contributed by atoms with Crippen LogP contribution in [0.25, 0.3) is 0 Å². The summed E-state index contributed by atoms with van der Waals surface area (Å²) in [6, 6.07) is 5.62. The van der Waals surface area contributed by atoms with E-state index in [4.69, 9.17) is 11.6 Å². The van der Waals surface area contributed by atoms with Crippen LogP contribution in [0.1, 0.15) is 32.3 Å². The molecule has 3 nitrogen and oxygen atoms in total. The molecule has 1 aliphatic heterocycles.